The summed E-state index contributed by atoms with van der Waals surface area (Å²) in [5.41, 5.74) is 6.64. The molecule has 2 rings (SSSR count). The fourth-order valence-corrected chi connectivity index (χ4v) is 3.01. The highest BCUT2D eigenvalue weighted by molar-refractivity contribution is 7.99. The Morgan fingerprint density at radius 1 is 1.62 bits per heavy atom. The molecule has 1 amide bonds. The van der Waals surface area contributed by atoms with Crippen molar-refractivity contribution in [2.75, 3.05) is 12.3 Å². The maximum atomic E-state index is 12.0. The smallest absolute Gasteiger partial charge is 0.228 e. The summed E-state index contributed by atoms with van der Waals surface area (Å²) >= 11 is 1.75. The van der Waals surface area contributed by atoms with E-state index in [1.54, 1.807) is 11.8 Å². The van der Waals surface area contributed by atoms with Gasteiger partial charge in [0.25, 0.3) is 0 Å². The van der Waals surface area contributed by atoms with E-state index >= 15 is 0 Å². The van der Waals surface area contributed by atoms with Crippen LogP contribution in [-0.4, -0.2) is 24.2 Å². The fourth-order valence-electron chi connectivity index (χ4n) is 1.78. The average Bonchev–Trinajstić information content (AvgIpc) is 2.72. The van der Waals surface area contributed by atoms with Crippen molar-refractivity contribution in [3.8, 4) is 0 Å². The quantitative estimate of drug-likeness (QED) is 0.832. The van der Waals surface area contributed by atoms with E-state index in [1.807, 2.05) is 25.1 Å². The molecule has 1 aliphatic rings. The summed E-state index contributed by atoms with van der Waals surface area (Å²) in [6.07, 6.45) is 0. The lowest BCUT2D eigenvalue weighted by Crippen LogP contribution is -2.40. The van der Waals surface area contributed by atoms with Crippen LogP contribution in [0.5, 0.6) is 0 Å². The zero-order valence-corrected chi connectivity index (χ0v) is 10.1. The highest BCUT2D eigenvalue weighted by atomic mass is 32.2. The molecule has 0 spiro atoms. The lowest BCUT2D eigenvalue weighted by atomic mass is 10.0. The van der Waals surface area contributed by atoms with Crippen LogP contribution in [-0.2, 0) is 4.79 Å². The first-order valence-electron chi connectivity index (χ1n) is 5.44. The van der Waals surface area contributed by atoms with E-state index in [9.17, 15) is 4.79 Å². The SMILES string of the molecule is C[C@@H](CN)NC(=O)C1CSc2ccccc21. The van der Waals surface area contributed by atoms with Gasteiger partial charge < -0.3 is 11.1 Å². The molecule has 1 aromatic carbocycles. The number of fused-ring (bicyclic) bond motifs is 1. The third-order valence-electron chi connectivity index (χ3n) is 2.76. The Morgan fingerprint density at radius 3 is 3.12 bits per heavy atom. The molecule has 16 heavy (non-hydrogen) atoms. The zero-order valence-electron chi connectivity index (χ0n) is 9.27. The number of carbonyl (C=O) groups is 1. The summed E-state index contributed by atoms with van der Waals surface area (Å²) in [5, 5.41) is 2.94. The molecule has 3 N–H and O–H groups in total. The molecule has 1 aromatic rings. The molecule has 2 atom stereocenters. The number of amides is 1. The second-order valence-corrected chi connectivity index (χ2v) is 5.11. The molecular formula is C12H16N2OS. The summed E-state index contributed by atoms with van der Waals surface area (Å²) in [6, 6.07) is 8.14. The van der Waals surface area contributed by atoms with Crippen molar-refractivity contribution < 1.29 is 4.79 Å². The van der Waals surface area contributed by atoms with Crippen molar-refractivity contribution in [1.82, 2.24) is 5.32 Å². The van der Waals surface area contributed by atoms with Crippen LogP contribution in [0.15, 0.2) is 29.2 Å². The molecule has 0 saturated carbocycles. The molecule has 1 unspecified atom stereocenters. The maximum absolute atomic E-state index is 12.0. The van der Waals surface area contributed by atoms with E-state index in [2.05, 4.69) is 11.4 Å². The largest absolute Gasteiger partial charge is 0.352 e. The highest BCUT2D eigenvalue weighted by Crippen LogP contribution is 2.39. The molecule has 86 valence electrons. The van der Waals surface area contributed by atoms with Gasteiger partial charge in [0.15, 0.2) is 0 Å². The van der Waals surface area contributed by atoms with Gasteiger partial charge in [0.2, 0.25) is 5.91 Å². The number of carbonyl (C=O) groups excluding carboxylic acids is 1. The van der Waals surface area contributed by atoms with Crippen LogP contribution < -0.4 is 11.1 Å². The van der Waals surface area contributed by atoms with Gasteiger partial charge in [-0.1, -0.05) is 18.2 Å². The summed E-state index contributed by atoms with van der Waals surface area (Å²) < 4.78 is 0. The van der Waals surface area contributed by atoms with E-state index in [4.69, 9.17) is 5.73 Å². The number of thioether (sulfide) groups is 1. The first-order valence-corrected chi connectivity index (χ1v) is 6.43. The maximum Gasteiger partial charge on any atom is 0.228 e. The number of benzene rings is 1. The lowest BCUT2D eigenvalue weighted by molar-refractivity contribution is -0.122. The van der Waals surface area contributed by atoms with Crippen LogP contribution in [0.1, 0.15) is 18.4 Å². The summed E-state index contributed by atoms with van der Waals surface area (Å²) in [7, 11) is 0. The van der Waals surface area contributed by atoms with Crippen molar-refractivity contribution in [3.63, 3.8) is 0 Å². The van der Waals surface area contributed by atoms with Crippen LogP contribution >= 0.6 is 11.8 Å². The van der Waals surface area contributed by atoms with Crippen molar-refractivity contribution in [2.45, 2.75) is 23.8 Å². The van der Waals surface area contributed by atoms with Gasteiger partial charge in [-0.25, -0.2) is 0 Å². The van der Waals surface area contributed by atoms with Gasteiger partial charge in [-0.05, 0) is 18.6 Å². The topological polar surface area (TPSA) is 55.1 Å². The minimum absolute atomic E-state index is 0.0183. The number of hydrogen-bond donors (Lipinski definition) is 2. The van der Waals surface area contributed by atoms with Crippen LogP contribution in [0.2, 0.25) is 0 Å². The third-order valence-corrected chi connectivity index (χ3v) is 3.94. The first-order chi connectivity index (χ1) is 7.72. The van der Waals surface area contributed by atoms with E-state index < -0.39 is 0 Å². The first kappa shape index (κ1) is 11.5. The monoisotopic (exact) mass is 236 g/mol. The van der Waals surface area contributed by atoms with Gasteiger partial charge in [0.1, 0.15) is 0 Å². The molecule has 0 aromatic heterocycles. The average molecular weight is 236 g/mol. The minimum atomic E-state index is -0.0183. The van der Waals surface area contributed by atoms with E-state index in [-0.39, 0.29) is 17.9 Å². The summed E-state index contributed by atoms with van der Waals surface area (Å²) in [6.45, 7) is 2.40. The molecule has 1 heterocycles. The van der Waals surface area contributed by atoms with Gasteiger partial charge in [-0.3, -0.25) is 4.79 Å². The Bertz CT molecular complexity index is 394. The molecule has 4 heteroatoms. The van der Waals surface area contributed by atoms with E-state index in [0.717, 1.165) is 11.3 Å². The lowest BCUT2D eigenvalue weighted by Gasteiger charge is -2.15. The molecule has 3 nitrogen and oxygen atoms in total. The van der Waals surface area contributed by atoms with E-state index in [1.165, 1.54) is 4.90 Å². The molecule has 0 fully saturated rings. The molecule has 0 bridgehead atoms. The summed E-state index contributed by atoms with van der Waals surface area (Å²) in [4.78, 5) is 13.2. The van der Waals surface area contributed by atoms with E-state index in [0.29, 0.717) is 6.54 Å². The predicted octanol–water partition coefficient (Wildman–Crippen LogP) is 1.34. The second-order valence-electron chi connectivity index (χ2n) is 4.05. The second kappa shape index (κ2) is 4.89. The van der Waals surface area contributed by atoms with Crippen molar-refractivity contribution >= 4 is 17.7 Å². The van der Waals surface area contributed by atoms with Gasteiger partial charge in [-0.2, -0.15) is 0 Å². The molecule has 0 aliphatic carbocycles. The number of nitrogens with two attached hydrogens (primary N) is 1. The normalized spacial score (nSPS) is 20.2. The Balaban J connectivity index is 2.10. The molecule has 0 saturated heterocycles. The number of hydrogen-bond acceptors (Lipinski definition) is 3. The fraction of sp³-hybridized carbons (Fsp3) is 0.417. The number of rotatable bonds is 3. The van der Waals surface area contributed by atoms with Crippen LogP contribution in [0.25, 0.3) is 0 Å². The number of nitrogens with one attached hydrogen (secondary N) is 1. The Labute approximate surface area is 99.8 Å². The molecular weight excluding hydrogens is 220 g/mol. The highest BCUT2D eigenvalue weighted by Gasteiger charge is 2.29. The Kier molecular flexibility index (Phi) is 3.51. The van der Waals surface area contributed by atoms with Crippen LogP contribution in [0.3, 0.4) is 0 Å². The van der Waals surface area contributed by atoms with Gasteiger partial charge in [-0.15, -0.1) is 11.8 Å². The van der Waals surface area contributed by atoms with Crippen LogP contribution in [0, 0.1) is 0 Å². The van der Waals surface area contributed by atoms with Crippen molar-refractivity contribution in [1.29, 1.82) is 0 Å². The molecule has 0 radical (unpaired) electrons. The van der Waals surface area contributed by atoms with Crippen LogP contribution in [0.4, 0.5) is 0 Å². The van der Waals surface area contributed by atoms with Gasteiger partial charge in [0, 0.05) is 23.2 Å². The van der Waals surface area contributed by atoms with Gasteiger partial charge in [0.05, 0.1) is 5.92 Å². The summed E-state index contributed by atoms with van der Waals surface area (Å²) in [5.74, 6) is 0.910. The zero-order chi connectivity index (χ0) is 11.5. The third kappa shape index (κ3) is 2.23. The standard InChI is InChI=1S/C12H16N2OS/c1-8(6-13)14-12(15)10-7-16-11-5-3-2-4-9(10)11/h2-5,8,10H,6-7,13H2,1H3,(H,14,15)/t8-,10?/m0/s1. The Morgan fingerprint density at radius 2 is 2.38 bits per heavy atom. The van der Waals surface area contributed by atoms with Gasteiger partial charge >= 0.3 is 0 Å². The Hall–Kier alpha value is -1.00. The van der Waals surface area contributed by atoms with Crippen molar-refractivity contribution in [2.24, 2.45) is 5.73 Å². The predicted molar refractivity (Wildman–Crippen MR) is 66.6 cm³/mol. The van der Waals surface area contributed by atoms with Crippen molar-refractivity contribution in [3.05, 3.63) is 29.8 Å². The molecule has 1 aliphatic heterocycles. The minimum Gasteiger partial charge on any atom is -0.352 e.